The molecule has 3 rings (SSSR count). The minimum Gasteiger partial charge on any atom is -0.375 e. The van der Waals surface area contributed by atoms with Gasteiger partial charge in [-0.1, -0.05) is 6.07 Å². The van der Waals surface area contributed by atoms with E-state index in [2.05, 4.69) is 47.3 Å². The third-order valence-electron chi connectivity index (χ3n) is 3.59. The quantitative estimate of drug-likeness (QED) is 0.789. The predicted molar refractivity (Wildman–Crippen MR) is 81.7 cm³/mol. The van der Waals surface area contributed by atoms with Crippen LogP contribution in [0.3, 0.4) is 0 Å². The van der Waals surface area contributed by atoms with Crippen molar-refractivity contribution in [3.05, 3.63) is 54.2 Å². The predicted octanol–water partition coefficient (Wildman–Crippen LogP) is 3.45. The Morgan fingerprint density at radius 2 is 2.00 bits per heavy atom. The van der Waals surface area contributed by atoms with Crippen LogP contribution in [0, 0.1) is 6.92 Å². The highest BCUT2D eigenvalue weighted by Gasteiger charge is 2.12. The standard InChI is InChI=1S/C16H18N4/c1-11-6-7-14(13-5-4-8-17-15(11)13)19-12(2)16-18-9-10-20(16)3/h4-10,12,19H,1-3H3. The van der Waals surface area contributed by atoms with Crippen LogP contribution in [-0.4, -0.2) is 14.5 Å². The molecule has 0 aliphatic carbocycles. The maximum atomic E-state index is 4.47. The number of fused-ring (bicyclic) bond motifs is 1. The van der Waals surface area contributed by atoms with E-state index in [1.807, 2.05) is 36.3 Å². The number of nitrogens with one attached hydrogen (secondary N) is 1. The summed E-state index contributed by atoms with van der Waals surface area (Å²) in [4.78, 5) is 8.86. The van der Waals surface area contributed by atoms with E-state index in [0.29, 0.717) is 0 Å². The van der Waals surface area contributed by atoms with Gasteiger partial charge in [-0.05, 0) is 37.6 Å². The molecule has 0 aliphatic heterocycles. The maximum Gasteiger partial charge on any atom is 0.130 e. The fraction of sp³-hybridized carbons (Fsp3) is 0.250. The fourth-order valence-corrected chi connectivity index (χ4v) is 2.53. The summed E-state index contributed by atoms with van der Waals surface area (Å²) in [5.41, 5.74) is 3.33. The first-order valence-electron chi connectivity index (χ1n) is 6.75. The van der Waals surface area contributed by atoms with Gasteiger partial charge in [0.2, 0.25) is 0 Å². The van der Waals surface area contributed by atoms with Crippen LogP contribution in [0.15, 0.2) is 42.9 Å². The van der Waals surface area contributed by atoms with Gasteiger partial charge >= 0.3 is 0 Å². The lowest BCUT2D eigenvalue weighted by Crippen LogP contribution is -2.12. The Morgan fingerprint density at radius 3 is 2.75 bits per heavy atom. The minimum absolute atomic E-state index is 0.140. The van der Waals surface area contributed by atoms with Crippen LogP contribution in [0.4, 0.5) is 5.69 Å². The van der Waals surface area contributed by atoms with E-state index in [1.54, 1.807) is 0 Å². The Morgan fingerprint density at radius 1 is 1.15 bits per heavy atom. The number of aromatic nitrogens is 3. The van der Waals surface area contributed by atoms with Gasteiger partial charge in [0.25, 0.3) is 0 Å². The zero-order valence-corrected chi connectivity index (χ0v) is 12.0. The highest BCUT2D eigenvalue weighted by Crippen LogP contribution is 2.27. The molecule has 2 aromatic heterocycles. The summed E-state index contributed by atoms with van der Waals surface area (Å²) in [5.74, 6) is 1.02. The molecule has 1 aromatic carbocycles. The van der Waals surface area contributed by atoms with Crippen molar-refractivity contribution in [2.45, 2.75) is 19.9 Å². The van der Waals surface area contributed by atoms with Gasteiger partial charge in [-0.2, -0.15) is 0 Å². The van der Waals surface area contributed by atoms with Crippen LogP contribution in [-0.2, 0) is 7.05 Å². The molecule has 4 heteroatoms. The van der Waals surface area contributed by atoms with Gasteiger partial charge in [0.1, 0.15) is 5.82 Å². The van der Waals surface area contributed by atoms with Crippen molar-refractivity contribution in [2.75, 3.05) is 5.32 Å². The average molecular weight is 266 g/mol. The van der Waals surface area contributed by atoms with Gasteiger partial charge in [0, 0.05) is 36.7 Å². The fourth-order valence-electron chi connectivity index (χ4n) is 2.53. The van der Waals surface area contributed by atoms with Crippen LogP contribution in [0.5, 0.6) is 0 Å². The van der Waals surface area contributed by atoms with Gasteiger partial charge in [-0.25, -0.2) is 4.98 Å². The van der Waals surface area contributed by atoms with E-state index in [9.17, 15) is 0 Å². The lowest BCUT2D eigenvalue weighted by Gasteiger charge is -2.17. The molecule has 0 saturated heterocycles. The van der Waals surface area contributed by atoms with E-state index in [1.165, 1.54) is 5.56 Å². The molecule has 0 aliphatic rings. The molecule has 0 bridgehead atoms. The lowest BCUT2D eigenvalue weighted by atomic mass is 10.1. The summed E-state index contributed by atoms with van der Waals surface area (Å²) in [7, 11) is 2.01. The largest absolute Gasteiger partial charge is 0.375 e. The number of nitrogens with zero attached hydrogens (tertiary/aromatic N) is 3. The molecule has 1 unspecified atom stereocenters. The topological polar surface area (TPSA) is 42.7 Å². The number of aryl methyl sites for hydroxylation is 2. The second-order valence-electron chi connectivity index (χ2n) is 5.09. The molecule has 1 N–H and O–H groups in total. The van der Waals surface area contributed by atoms with Crippen molar-refractivity contribution in [1.29, 1.82) is 0 Å². The monoisotopic (exact) mass is 266 g/mol. The van der Waals surface area contributed by atoms with Crippen LogP contribution in [0.2, 0.25) is 0 Å². The minimum atomic E-state index is 0.140. The number of pyridine rings is 1. The molecule has 1 atom stereocenters. The normalized spacial score (nSPS) is 12.6. The molecule has 20 heavy (non-hydrogen) atoms. The molecule has 0 fully saturated rings. The summed E-state index contributed by atoms with van der Waals surface area (Å²) < 4.78 is 2.03. The second kappa shape index (κ2) is 4.96. The zero-order chi connectivity index (χ0) is 14.1. The van der Waals surface area contributed by atoms with Gasteiger partial charge in [-0.3, -0.25) is 4.98 Å². The summed E-state index contributed by atoms with van der Waals surface area (Å²) in [6, 6.07) is 8.42. The molecule has 0 saturated carbocycles. The molecular formula is C16H18N4. The van der Waals surface area contributed by atoms with Gasteiger partial charge in [-0.15, -0.1) is 0 Å². The van der Waals surface area contributed by atoms with Crippen molar-refractivity contribution < 1.29 is 0 Å². The first-order valence-corrected chi connectivity index (χ1v) is 6.75. The second-order valence-corrected chi connectivity index (χ2v) is 5.09. The Hall–Kier alpha value is -2.36. The maximum absolute atomic E-state index is 4.47. The van der Waals surface area contributed by atoms with Gasteiger partial charge in [0.15, 0.2) is 0 Å². The average Bonchev–Trinajstić information content (AvgIpc) is 2.88. The van der Waals surface area contributed by atoms with Crippen LogP contribution < -0.4 is 5.32 Å². The molecule has 0 spiro atoms. The number of rotatable bonds is 3. The van der Waals surface area contributed by atoms with Gasteiger partial charge < -0.3 is 9.88 Å². The highest BCUT2D eigenvalue weighted by molar-refractivity contribution is 5.93. The van der Waals surface area contributed by atoms with Gasteiger partial charge in [0.05, 0.1) is 11.6 Å². The van der Waals surface area contributed by atoms with Crippen molar-refractivity contribution in [3.8, 4) is 0 Å². The number of imidazole rings is 1. The Bertz CT molecular complexity index is 745. The van der Waals surface area contributed by atoms with Crippen molar-refractivity contribution >= 4 is 16.6 Å². The number of hydrogen-bond acceptors (Lipinski definition) is 3. The Balaban J connectivity index is 1.99. The SMILES string of the molecule is Cc1ccc(NC(C)c2nccn2C)c2cccnc12. The molecule has 0 radical (unpaired) electrons. The van der Waals surface area contributed by atoms with E-state index in [-0.39, 0.29) is 6.04 Å². The molecular weight excluding hydrogens is 248 g/mol. The summed E-state index contributed by atoms with van der Waals surface area (Å²) in [6.45, 7) is 4.20. The summed E-state index contributed by atoms with van der Waals surface area (Å²) >= 11 is 0. The smallest absolute Gasteiger partial charge is 0.130 e. The van der Waals surface area contributed by atoms with Crippen molar-refractivity contribution in [1.82, 2.24) is 14.5 Å². The Labute approximate surface area is 118 Å². The molecule has 3 aromatic rings. The van der Waals surface area contributed by atoms with E-state index < -0.39 is 0 Å². The van der Waals surface area contributed by atoms with E-state index in [4.69, 9.17) is 0 Å². The first kappa shape index (κ1) is 12.7. The number of anilines is 1. The van der Waals surface area contributed by atoms with E-state index in [0.717, 1.165) is 22.4 Å². The molecule has 0 amide bonds. The van der Waals surface area contributed by atoms with Crippen molar-refractivity contribution in [2.24, 2.45) is 7.05 Å². The number of benzene rings is 1. The van der Waals surface area contributed by atoms with Crippen LogP contribution in [0.1, 0.15) is 24.4 Å². The zero-order valence-electron chi connectivity index (χ0n) is 12.0. The van der Waals surface area contributed by atoms with Crippen LogP contribution in [0.25, 0.3) is 10.9 Å². The molecule has 102 valence electrons. The third kappa shape index (κ3) is 2.13. The highest BCUT2D eigenvalue weighted by atomic mass is 15.1. The lowest BCUT2D eigenvalue weighted by molar-refractivity contribution is 0.722. The number of hydrogen-bond donors (Lipinski definition) is 1. The summed E-state index contributed by atoms with van der Waals surface area (Å²) in [5, 5.41) is 4.68. The Kier molecular flexibility index (Phi) is 3.14. The third-order valence-corrected chi connectivity index (χ3v) is 3.59. The van der Waals surface area contributed by atoms with Crippen LogP contribution >= 0.6 is 0 Å². The first-order chi connectivity index (χ1) is 9.66. The molecule has 4 nitrogen and oxygen atoms in total. The molecule has 2 heterocycles. The van der Waals surface area contributed by atoms with E-state index >= 15 is 0 Å². The van der Waals surface area contributed by atoms with Crippen molar-refractivity contribution in [3.63, 3.8) is 0 Å². The summed E-state index contributed by atoms with van der Waals surface area (Å²) in [6.07, 6.45) is 5.62.